The Labute approximate surface area is 181 Å². The number of ether oxygens (including phenoxy) is 3. The lowest BCUT2D eigenvalue weighted by atomic mass is 9.94. The molecular weight excluding hydrogens is 398 g/mol. The minimum atomic E-state index is -0.865. The monoisotopic (exact) mass is 425 g/mol. The van der Waals surface area contributed by atoms with Gasteiger partial charge in [0.1, 0.15) is 11.5 Å². The fourth-order valence-electron chi connectivity index (χ4n) is 4.30. The molecule has 1 saturated carbocycles. The fourth-order valence-corrected chi connectivity index (χ4v) is 4.30. The van der Waals surface area contributed by atoms with Crippen LogP contribution in [0.1, 0.15) is 48.5 Å². The summed E-state index contributed by atoms with van der Waals surface area (Å²) in [7, 11) is 3.09. The van der Waals surface area contributed by atoms with Crippen molar-refractivity contribution in [1.82, 2.24) is 5.32 Å². The van der Waals surface area contributed by atoms with E-state index in [0.717, 1.165) is 23.1 Å². The number of carbonyl (C=O) groups is 2. The summed E-state index contributed by atoms with van der Waals surface area (Å²) in [6, 6.07) is 9.32. The van der Waals surface area contributed by atoms with E-state index in [1.54, 1.807) is 26.4 Å². The highest BCUT2D eigenvalue weighted by Crippen LogP contribution is 2.54. The molecule has 1 aliphatic carbocycles. The van der Waals surface area contributed by atoms with E-state index in [0.29, 0.717) is 48.6 Å². The molecule has 2 aromatic rings. The fraction of sp³-hybridized carbons (Fsp3) is 0.417. The number of benzene rings is 2. The molecule has 31 heavy (non-hydrogen) atoms. The molecule has 7 nitrogen and oxygen atoms in total. The number of rotatable bonds is 9. The summed E-state index contributed by atoms with van der Waals surface area (Å²) in [6.45, 7) is 2.49. The van der Waals surface area contributed by atoms with Crippen molar-refractivity contribution >= 4 is 11.9 Å². The van der Waals surface area contributed by atoms with Crippen LogP contribution in [0.25, 0.3) is 11.1 Å². The highest BCUT2D eigenvalue weighted by molar-refractivity contribution is 5.99. The molecule has 1 unspecified atom stereocenters. The summed E-state index contributed by atoms with van der Waals surface area (Å²) >= 11 is 0. The highest BCUT2D eigenvalue weighted by Gasteiger charge is 2.57. The molecule has 1 heterocycles. The Balaban J connectivity index is 1.82. The summed E-state index contributed by atoms with van der Waals surface area (Å²) in [5.74, 6) is 0.499. The molecule has 0 spiro atoms. The Morgan fingerprint density at radius 2 is 1.87 bits per heavy atom. The molecule has 2 aliphatic rings. The third kappa shape index (κ3) is 3.58. The first kappa shape index (κ1) is 21.0. The third-order valence-electron chi connectivity index (χ3n) is 6.24. The minimum absolute atomic E-state index is 0.0783. The van der Waals surface area contributed by atoms with Gasteiger partial charge in [-0.3, -0.25) is 9.59 Å². The zero-order valence-electron chi connectivity index (χ0n) is 18.0. The quantitative estimate of drug-likeness (QED) is 0.630. The number of fused-ring (bicyclic) bond motifs is 1. The van der Waals surface area contributed by atoms with E-state index in [9.17, 15) is 14.7 Å². The zero-order valence-corrected chi connectivity index (χ0v) is 18.0. The van der Waals surface area contributed by atoms with E-state index >= 15 is 0 Å². The number of nitrogens with one attached hydrogen (secondary N) is 1. The lowest BCUT2D eigenvalue weighted by Gasteiger charge is -2.27. The highest BCUT2D eigenvalue weighted by atomic mass is 16.5. The molecule has 0 bridgehead atoms. The van der Waals surface area contributed by atoms with Crippen molar-refractivity contribution in [3.63, 3.8) is 0 Å². The van der Waals surface area contributed by atoms with E-state index < -0.39 is 17.5 Å². The maximum atomic E-state index is 12.0. The lowest BCUT2D eigenvalue weighted by Crippen LogP contribution is -2.35. The predicted octanol–water partition coefficient (Wildman–Crippen LogP) is 4.03. The molecule has 1 atom stereocenters. The first-order valence-electron chi connectivity index (χ1n) is 10.5. The van der Waals surface area contributed by atoms with E-state index in [-0.39, 0.29) is 5.91 Å². The number of carboxylic acids is 1. The molecule has 1 fully saturated rings. The van der Waals surface area contributed by atoms with Gasteiger partial charge in [0, 0.05) is 17.7 Å². The van der Waals surface area contributed by atoms with Gasteiger partial charge in [0.15, 0.2) is 11.5 Å². The smallest absolute Gasteiger partial charge is 0.313 e. The summed E-state index contributed by atoms with van der Waals surface area (Å²) in [5, 5.41) is 12.7. The van der Waals surface area contributed by atoms with Crippen molar-refractivity contribution in [2.45, 2.75) is 45.3 Å². The molecule has 2 aromatic carbocycles. The molecule has 0 saturated heterocycles. The van der Waals surface area contributed by atoms with E-state index in [1.165, 1.54) is 0 Å². The van der Waals surface area contributed by atoms with Gasteiger partial charge in [0.05, 0.1) is 14.2 Å². The number of hydrogen-bond donors (Lipinski definition) is 2. The summed E-state index contributed by atoms with van der Waals surface area (Å²) in [6.07, 6.45) is 2.14. The zero-order chi connectivity index (χ0) is 22.2. The van der Waals surface area contributed by atoms with Crippen LogP contribution >= 0.6 is 0 Å². The largest absolute Gasteiger partial charge is 0.493 e. The summed E-state index contributed by atoms with van der Waals surface area (Å²) in [4.78, 5) is 23.9. The van der Waals surface area contributed by atoms with Gasteiger partial charge in [-0.2, -0.15) is 0 Å². The van der Waals surface area contributed by atoms with E-state index in [2.05, 4.69) is 5.32 Å². The molecule has 1 aliphatic heterocycles. The van der Waals surface area contributed by atoms with Crippen LogP contribution < -0.4 is 19.5 Å². The van der Waals surface area contributed by atoms with Gasteiger partial charge in [0.25, 0.3) is 5.91 Å². The second-order valence-electron chi connectivity index (χ2n) is 8.09. The van der Waals surface area contributed by atoms with Crippen molar-refractivity contribution in [2.24, 2.45) is 5.41 Å². The van der Waals surface area contributed by atoms with Gasteiger partial charge in [0.2, 0.25) is 5.75 Å². The van der Waals surface area contributed by atoms with Crippen LogP contribution in [0.2, 0.25) is 0 Å². The predicted molar refractivity (Wildman–Crippen MR) is 115 cm³/mol. The van der Waals surface area contributed by atoms with Crippen LogP contribution in [0, 0.1) is 5.41 Å². The van der Waals surface area contributed by atoms with Crippen molar-refractivity contribution in [2.75, 3.05) is 14.2 Å². The number of amides is 1. The van der Waals surface area contributed by atoms with Crippen molar-refractivity contribution in [3.8, 4) is 28.4 Å². The van der Waals surface area contributed by atoms with Crippen LogP contribution in [-0.4, -0.2) is 37.3 Å². The van der Waals surface area contributed by atoms with Gasteiger partial charge < -0.3 is 24.6 Å². The van der Waals surface area contributed by atoms with Crippen molar-refractivity contribution < 1.29 is 28.9 Å². The number of carbonyl (C=O) groups excluding carboxylic acids is 1. The number of carboxylic acid groups (broad SMARTS) is 1. The number of hydrogen-bond acceptors (Lipinski definition) is 5. The van der Waals surface area contributed by atoms with Crippen LogP contribution in [0.4, 0.5) is 0 Å². The Kier molecular flexibility index (Phi) is 5.52. The van der Waals surface area contributed by atoms with Gasteiger partial charge in [-0.05, 0) is 54.7 Å². The van der Waals surface area contributed by atoms with Crippen LogP contribution in [0.3, 0.4) is 0 Å². The lowest BCUT2D eigenvalue weighted by molar-refractivity contribution is -0.147. The van der Waals surface area contributed by atoms with E-state index in [1.807, 2.05) is 25.1 Å². The number of methoxy groups -OCH3 is 2. The van der Waals surface area contributed by atoms with E-state index in [4.69, 9.17) is 14.2 Å². The third-order valence-corrected chi connectivity index (χ3v) is 6.24. The standard InChI is InChI=1S/C24H27NO6/c1-4-5-19(24(10-11-24)23(27)28)31-20-16(8-9-18(29-2)21(20)30-3)14-6-7-17-15(12-14)13-25-22(17)26/h6-9,12,19H,4-5,10-11,13H2,1-3H3,(H,25,26)(H,27,28). The Hall–Kier alpha value is -3.22. The Bertz CT molecular complexity index is 1030. The summed E-state index contributed by atoms with van der Waals surface area (Å²) in [5.41, 5.74) is 2.34. The Morgan fingerprint density at radius 3 is 2.48 bits per heavy atom. The first-order chi connectivity index (χ1) is 14.9. The maximum Gasteiger partial charge on any atom is 0.313 e. The first-order valence-corrected chi connectivity index (χ1v) is 10.5. The second kappa shape index (κ2) is 8.13. The average molecular weight is 425 g/mol. The molecule has 1 amide bonds. The average Bonchev–Trinajstić information content (AvgIpc) is 3.51. The molecular formula is C24H27NO6. The Morgan fingerprint density at radius 1 is 1.13 bits per heavy atom. The second-order valence-corrected chi connectivity index (χ2v) is 8.09. The maximum absolute atomic E-state index is 12.0. The van der Waals surface area contributed by atoms with Crippen LogP contribution in [0.15, 0.2) is 30.3 Å². The van der Waals surface area contributed by atoms with Crippen molar-refractivity contribution in [3.05, 3.63) is 41.5 Å². The topological polar surface area (TPSA) is 94.1 Å². The molecule has 0 aromatic heterocycles. The molecule has 4 rings (SSSR count). The van der Waals surface area contributed by atoms with Crippen LogP contribution in [0.5, 0.6) is 17.2 Å². The van der Waals surface area contributed by atoms with Gasteiger partial charge in [-0.25, -0.2) is 0 Å². The number of aliphatic carboxylic acids is 1. The molecule has 0 radical (unpaired) electrons. The van der Waals surface area contributed by atoms with Gasteiger partial charge in [-0.1, -0.05) is 19.4 Å². The summed E-state index contributed by atoms with van der Waals surface area (Å²) < 4.78 is 17.6. The molecule has 164 valence electrons. The van der Waals surface area contributed by atoms with Crippen molar-refractivity contribution in [1.29, 1.82) is 0 Å². The SMILES string of the molecule is CCCC(Oc1c(-c2ccc3c(c2)CNC3=O)ccc(OC)c1OC)C1(C(=O)O)CC1. The normalized spacial score (nSPS) is 16.8. The van der Waals surface area contributed by atoms with Crippen LogP contribution in [-0.2, 0) is 11.3 Å². The van der Waals surface area contributed by atoms with Gasteiger partial charge in [-0.15, -0.1) is 0 Å². The van der Waals surface area contributed by atoms with Gasteiger partial charge >= 0.3 is 5.97 Å². The molecule has 2 N–H and O–H groups in total. The molecule has 7 heteroatoms. The minimum Gasteiger partial charge on any atom is -0.493 e.